The number of carbonyl (C=O) groups is 1. The number of carbonyl (C=O) groups excluding carboxylic acids is 1. The normalized spacial score (nSPS) is 11.7. The van der Waals surface area contributed by atoms with Crippen molar-refractivity contribution in [3.8, 4) is 0 Å². The van der Waals surface area contributed by atoms with Crippen molar-refractivity contribution in [2.75, 3.05) is 6.54 Å². The van der Waals surface area contributed by atoms with Crippen LogP contribution in [0.4, 0.5) is 0 Å². The van der Waals surface area contributed by atoms with Crippen LogP contribution in [0.3, 0.4) is 0 Å². The first-order chi connectivity index (χ1) is 7.97. The number of nitrogens with zero attached hydrogens (tertiary/aromatic N) is 1. The first-order valence-electron chi connectivity index (χ1n) is 5.41. The van der Waals surface area contributed by atoms with Crippen LogP contribution in [0.1, 0.15) is 24.3 Å². The van der Waals surface area contributed by atoms with E-state index >= 15 is 0 Å². The van der Waals surface area contributed by atoms with Crippen molar-refractivity contribution in [3.63, 3.8) is 0 Å². The molecule has 90 valence electrons. The van der Waals surface area contributed by atoms with Gasteiger partial charge in [-0.1, -0.05) is 18.2 Å². The van der Waals surface area contributed by atoms with E-state index in [0.717, 1.165) is 10.9 Å². The van der Waals surface area contributed by atoms with E-state index in [4.69, 9.17) is 0 Å². The summed E-state index contributed by atoms with van der Waals surface area (Å²) in [5.41, 5.74) is 0.243. The van der Waals surface area contributed by atoms with Gasteiger partial charge in [0.25, 0.3) is 5.91 Å². The topological polar surface area (TPSA) is 78.0 Å². The number of aromatic amines is 1. The van der Waals surface area contributed by atoms with Crippen LogP contribution < -0.4 is 5.32 Å². The molecule has 5 nitrogen and oxygen atoms in total. The predicted molar refractivity (Wildman–Crippen MR) is 64.7 cm³/mol. The fraction of sp³-hybridized carbons (Fsp3) is 0.333. The summed E-state index contributed by atoms with van der Waals surface area (Å²) in [6.07, 6.45) is 0. The fourth-order valence-corrected chi connectivity index (χ4v) is 1.52. The maximum atomic E-state index is 11.9. The van der Waals surface area contributed by atoms with Crippen molar-refractivity contribution < 1.29 is 9.90 Å². The third-order valence-electron chi connectivity index (χ3n) is 2.37. The average Bonchev–Trinajstić information content (AvgIpc) is 2.68. The number of hydrogen-bond donors (Lipinski definition) is 3. The largest absolute Gasteiger partial charge is 0.389 e. The molecule has 2 aromatic rings. The summed E-state index contributed by atoms with van der Waals surface area (Å²) in [5, 5.41) is 19.7. The van der Waals surface area contributed by atoms with E-state index in [-0.39, 0.29) is 12.5 Å². The third-order valence-corrected chi connectivity index (χ3v) is 2.37. The Hall–Kier alpha value is -1.88. The minimum absolute atomic E-state index is 0.188. The predicted octanol–water partition coefficient (Wildman–Crippen LogP) is 1.06. The number of amides is 1. The van der Waals surface area contributed by atoms with Gasteiger partial charge in [0.2, 0.25) is 0 Å². The van der Waals surface area contributed by atoms with Gasteiger partial charge in [0.1, 0.15) is 0 Å². The van der Waals surface area contributed by atoms with Gasteiger partial charge in [0.15, 0.2) is 5.69 Å². The highest BCUT2D eigenvalue weighted by Gasteiger charge is 2.17. The van der Waals surface area contributed by atoms with Gasteiger partial charge >= 0.3 is 0 Å². The summed E-state index contributed by atoms with van der Waals surface area (Å²) in [4.78, 5) is 11.9. The monoisotopic (exact) mass is 233 g/mol. The van der Waals surface area contributed by atoms with Gasteiger partial charge in [-0.25, -0.2) is 0 Å². The molecule has 1 amide bonds. The molecule has 3 N–H and O–H groups in total. The van der Waals surface area contributed by atoms with Crippen molar-refractivity contribution >= 4 is 16.8 Å². The molecule has 0 radical (unpaired) electrons. The summed E-state index contributed by atoms with van der Waals surface area (Å²) in [7, 11) is 0. The molecule has 5 heteroatoms. The second-order valence-corrected chi connectivity index (χ2v) is 4.61. The van der Waals surface area contributed by atoms with E-state index in [1.165, 1.54) is 0 Å². The molecule has 0 fully saturated rings. The Kier molecular flexibility index (Phi) is 2.85. The maximum absolute atomic E-state index is 11.9. The van der Waals surface area contributed by atoms with Gasteiger partial charge in [-0.15, -0.1) is 0 Å². The third kappa shape index (κ3) is 2.62. The van der Waals surface area contributed by atoms with Gasteiger partial charge in [0, 0.05) is 11.9 Å². The Balaban J connectivity index is 2.20. The molecule has 0 aliphatic rings. The van der Waals surface area contributed by atoms with Gasteiger partial charge in [-0.3, -0.25) is 9.89 Å². The number of para-hydroxylation sites is 1. The molecule has 0 unspecified atom stereocenters. The zero-order valence-corrected chi connectivity index (χ0v) is 9.82. The molecular weight excluding hydrogens is 218 g/mol. The molecule has 0 atom stereocenters. The van der Waals surface area contributed by atoms with Gasteiger partial charge < -0.3 is 10.4 Å². The molecule has 17 heavy (non-hydrogen) atoms. The van der Waals surface area contributed by atoms with E-state index in [1.807, 2.05) is 24.3 Å². The molecule has 0 saturated carbocycles. The van der Waals surface area contributed by atoms with Crippen LogP contribution in [0.5, 0.6) is 0 Å². The van der Waals surface area contributed by atoms with Crippen LogP contribution in [0.2, 0.25) is 0 Å². The fourth-order valence-electron chi connectivity index (χ4n) is 1.52. The van der Waals surface area contributed by atoms with Crippen molar-refractivity contribution in [1.82, 2.24) is 15.5 Å². The molecular formula is C12H15N3O2. The van der Waals surface area contributed by atoms with E-state index in [0.29, 0.717) is 5.69 Å². The quantitative estimate of drug-likeness (QED) is 0.741. The van der Waals surface area contributed by atoms with Crippen molar-refractivity contribution in [2.45, 2.75) is 19.4 Å². The molecule has 0 spiro atoms. The minimum atomic E-state index is -0.929. The highest BCUT2D eigenvalue weighted by Crippen LogP contribution is 2.14. The van der Waals surface area contributed by atoms with Gasteiger partial charge in [0.05, 0.1) is 11.1 Å². The lowest BCUT2D eigenvalue weighted by molar-refractivity contribution is 0.0692. The maximum Gasteiger partial charge on any atom is 0.272 e. The van der Waals surface area contributed by atoms with E-state index in [1.54, 1.807) is 13.8 Å². The standard InChI is InChI=1S/C12H15N3O2/c1-12(2,17)7-13-11(16)10-8-5-3-4-6-9(8)14-15-10/h3-6,17H,7H2,1-2H3,(H,13,16)(H,14,15). The van der Waals surface area contributed by atoms with Crippen LogP contribution >= 0.6 is 0 Å². The molecule has 0 aliphatic carbocycles. The Morgan fingerprint density at radius 1 is 1.47 bits per heavy atom. The first-order valence-corrected chi connectivity index (χ1v) is 5.41. The first kappa shape index (κ1) is 11.6. The van der Waals surface area contributed by atoms with Crippen LogP contribution in [-0.2, 0) is 0 Å². The Labute approximate surface area is 98.8 Å². The summed E-state index contributed by atoms with van der Waals surface area (Å²) in [6, 6.07) is 7.41. The molecule has 1 heterocycles. The average molecular weight is 233 g/mol. The van der Waals surface area contributed by atoms with E-state index in [2.05, 4.69) is 15.5 Å². The smallest absolute Gasteiger partial charge is 0.272 e. The van der Waals surface area contributed by atoms with Crippen LogP contribution in [-0.4, -0.2) is 33.4 Å². The summed E-state index contributed by atoms with van der Waals surface area (Å²) in [6.45, 7) is 3.46. The molecule has 0 saturated heterocycles. The van der Waals surface area contributed by atoms with Crippen molar-refractivity contribution in [1.29, 1.82) is 0 Å². The number of hydrogen-bond acceptors (Lipinski definition) is 3. The number of nitrogens with one attached hydrogen (secondary N) is 2. The number of benzene rings is 1. The van der Waals surface area contributed by atoms with Crippen LogP contribution in [0.25, 0.3) is 10.9 Å². The minimum Gasteiger partial charge on any atom is -0.389 e. The lowest BCUT2D eigenvalue weighted by Gasteiger charge is -2.16. The number of aromatic nitrogens is 2. The number of aliphatic hydroxyl groups is 1. The highest BCUT2D eigenvalue weighted by atomic mass is 16.3. The lowest BCUT2D eigenvalue weighted by Crippen LogP contribution is -2.38. The van der Waals surface area contributed by atoms with Crippen LogP contribution in [0, 0.1) is 0 Å². The second-order valence-electron chi connectivity index (χ2n) is 4.61. The summed E-state index contributed by atoms with van der Waals surface area (Å²) >= 11 is 0. The van der Waals surface area contributed by atoms with Crippen molar-refractivity contribution in [3.05, 3.63) is 30.0 Å². The zero-order valence-electron chi connectivity index (χ0n) is 9.82. The number of rotatable bonds is 3. The summed E-state index contributed by atoms with van der Waals surface area (Å²) < 4.78 is 0. The lowest BCUT2D eigenvalue weighted by atomic mass is 10.1. The molecule has 1 aromatic heterocycles. The summed E-state index contributed by atoms with van der Waals surface area (Å²) in [5.74, 6) is -0.287. The zero-order chi connectivity index (χ0) is 12.5. The van der Waals surface area contributed by atoms with E-state index < -0.39 is 5.60 Å². The second kappa shape index (κ2) is 4.18. The molecule has 1 aromatic carbocycles. The Morgan fingerprint density at radius 3 is 2.88 bits per heavy atom. The Morgan fingerprint density at radius 2 is 2.18 bits per heavy atom. The number of fused-ring (bicyclic) bond motifs is 1. The van der Waals surface area contributed by atoms with Crippen molar-refractivity contribution in [2.24, 2.45) is 0 Å². The SMILES string of the molecule is CC(C)(O)CNC(=O)c1n[nH]c2ccccc12. The van der Waals surface area contributed by atoms with E-state index in [9.17, 15) is 9.90 Å². The van der Waals surface area contributed by atoms with Gasteiger partial charge in [-0.05, 0) is 19.9 Å². The number of H-pyrrole nitrogens is 1. The molecule has 2 rings (SSSR count). The Bertz CT molecular complexity index is 540. The van der Waals surface area contributed by atoms with Crippen LogP contribution in [0.15, 0.2) is 24.3 Å². The molecule has 0 aliphatic heterocycles. The van der Waals surface area contributed by atoms with Gasteiger partial charge in [-0.2, -0.15) is 5.10 Å². The molecule has 0 bridgehead atoms. The highest BCUT2D eigenvalue weighted by molar-refractivity contribution is 6.04.